The molecule has 0 heterocycles. The van der Waals surface area contributed by atoms with Crippen LogP contribution in [0.25, 0.3) is 10.8 Å². The highest BCUT2D eigenvalue weighted by molar-refractivity contribution is 5.95. The molecule has 1 N–H and O–H groups in total. The molecule has 26 heavy (non-hydrogen) atoms. The van der Waals surface area contributed by atoms with Crippen LogP contribution in [0.4, 0.5) is 5.69 Å². The number of nitrogens with one attached hydrogen (secondary N) is 1. The third kappa shape index (κ3) is 4.28. The summed E-state index contributed by atoms with van der Waals surface area (Å²) in [5.41, 5.74) is 2.68. The van der Waals surface area contributed by atoms with Crippen LogP contribution in [0.3, 0.4) is 0 Å². The molecule has 0 aliphatic carbocycles. The fraction of sp³-hybridized carbons (Fsp3) is 0.182. The lowest BCUT2D eigenvalue weighted by Gasteiger charge is -2.14. The van der Waals surface area contributed by atoms with E-state index in [0.717, 1.165) is 21.9 Å². The van der Waals surface area contributed by atoms with Gasteiger partial charge in [-0.25, -0.2) is 0 Å². The molecular formula is C22H21NO3. The number of anilines is 1. The summed E-state index contributed by atoms with van der Waals surface area (Å²) < 4.78 is 5.31. The molecule has 4 heteroatoms. The Hall–Kier alpha value is -3.14. The summed E-state index contributed by atoms with van der Waals surface area (Å²) in [7, 11) is 0. The molecule has 3 rings (SSSR count). The molecule has 4 nitrogen and oxygen atoms in total. The van der Waals surface area contributed by atoms with Gasteiger partial charge in [-0.15, -0.1) is 0 Å². The van der Waals surface area contributed by atoms with Gasteiger partial charge in [-0.05, 0) is 42.3 Å². The molecule has 0 aromatic heterocycles. The average molecular weight is 347 g/mol. The van der Waals surface area contributed by atoms with Crippen LogP contribution in [0.15, 0.2) is 66.7 Å². The van der Waals surface area contributed by atoms with E-state index in [2.05, 4.69) is 5.32 Å². The van der Waals surface area contributed by atoms with Gasteiger partial charge in [-0.3, -0.25) is 9.59 Å². The Kier molecular flexibility index (Phi) is 5.32. The number of hydrogen-bond acceptors (Lipinski definition) is 3. The van der Waals surface area contributed by atoms with Gasteiger partial charge < -0.3 is 10.1 Å². The quantitative estimate of drug-likeness (QED) is 0.702. The van der Waals surface area contributed by atoms with E-state index in [4.69, 9.17) is 4.74 Å². The number of aryl methyl sites for hydroxylation is 1. The van der Waals surface area contributed by atoms with Gasteiger partial charge in [-0.2, -0.15) is 0 Å². The molecular weight excluding hydrogens is 326 g/mol. The van der Waals surface area contributed by atoms with Crippen molar-refractivity contribution in [2.24, 2.45) is 0 Å². The van der Waals surface area contributed by atoms with E-state index in [1.165, 1.54) is 0 Å². The van der Waals surface area contributed by atoms with Crippen LogP contribution in [0.1, 0.15) is 18.1 Å². The van der Waals surface area contributed by atoms with E-state index in [1.54, 1.807) is 6.92 Å². The number of amides is 1. The molecule has 0 spiro atoms. The first-order valence-corrected chi connectivity index (χ1v) is 8.56. The minimum atomic E-state index is -0.862. The molecule has 0 saturated heterocycles. The lowest BCUT2D eigenvalue weighted by Crippen LogP contribution is -2.30. The molecule has 0 aliphatic heterocycles. The Labute approximate surface area is 152 Å². The predicted molar refractivity (Wildman–Crippen MR) is 103 cm³/mol. The van der Waals surface area contributed by atoms with Gasteiger partial charge >= 0.3 is 5.97 Å². The van der Waals surface area contributed by atoms with Gasteiger partial charge in [0.25, 0.3) is 5.91 Å². The van der Waals surface area contributed by atoms with Crippen molar-refractivity contribution in [3.63, 3.8) is 0 Å². The molecule has 0 fully saturated rings. The van der Waals surface area contributed by atoms with Crippen molar-refractivity contribution in [2.45, 2.75) is 26.4 Å². The smallest absolute Gasteiger partial charge is 0.311 e. The van der Waals surface area contributed by atoms with Crippen molar-refractivity contribution >= 4 is 28.3 Å². The van der Waals surface area contributed by atoms with E-state index < -0.39 is 12.1 Å². The number of fused-ring (bicyclic) bond motifs is 1. The zero-order valence-electron chi connectivity index (χ0n) is 14.9. The summed E-state index contributed by atoms with van der Waals surface area (Å²) in [6, 6.07) is 21.2. The van der Waals surface area contributed by atoms with Crippen LogP contribution in [-0.4, -0.2) is 18.0 Å². The van der Waals surface area contributed by atoms with Crippen molar-refractivity contribution in [2.75, 3.05) is 5.32 Å². The number of hydrogen-bond donors (Lipinski definition) is 1. The second-order valence-electron chi connectivity index (χ2n) is 6.30. The molecule has 3 aromatic carbocycles. The maximum atomic E-state index is 12.3. The number of rotatable bonds is 5. The third-order valence-electron chi connectivity index (χ3n) is 4.21. The van der Waals surface area contributed by atoms with Crippen LogP contribution in [0.2, 0.25) is 0 Å². The molecule has 1 amide bonds. The second kappa shape index (κ2) is 7.83. The van der Waals surface area contributed by atoms with Crippen molar-refractivity contribution < 1.29 is 14.3 Å². The van der Waals surface area contributed by atoms with E-state index in [1.807, 2.05) is 73.7 Å². The number of esters is 1. The molecule has 1 atom stereocenters. The van der Waals surface area contributed by atoms with Gasteiger partial charge in [0.2, 0.25) is 0 Å². The second-order valence-corrected chi connectivity index (χ2v) is 6.30. The minimum absolute atomic E-state index is 0.128. The molecule has 0 unspecified atom stereocenters. The maximum absolute atomic E-state index is 12.3. The van der Waals surface area contributed by atoms with Crippen molar-refractivity contribution in [3.8, 4) is 0 Å². The van der Waals surface area contributed by atoms with Gasteiger partial charge in [0.05, 0.1) is 6.42 Å². The van der Waals surface area contributed by atoms with Crippen LogP contribution < -0.4 is 5.32 Å². The van der Waals surface area contributed by atoms with Crippen molar-refractivity contribution in [1.82, 2.24) is 0 Å². The zero-order valence-corrected chi connectivity index (χ0v) is 14.9. The lowest BCUT2D eigenvalue weighted by atomic mass is 10.0. The Balaban J connectivity index is 1.61. The Morgan fingerprint density at radius 1 is 0.962 bits per heavy atom. The lowest BCUT2D eigenvalue weighted by molar-refractivity contribution is -0.152. The molecule has 0 saturated carbocycles. The van der Waals surface area contributed by atoms with Gasteiger partial charge in [-0.1, -0.05) is 60.2 Å². The van der Waals surface area contributed by atoms with E-state index in [9.17, 15) is 9.59 Å². The van der Waals surface area contributed by atoms with Gasteiger partial charge in [0.15, 0.2) is 6.10 Å². The summed E-state index contributed by atoms with van der Waals surface area (Å²) in [4.78, 5) is 24.5. The Morgan fingerprint density at radius 3 is 2.42 bits per heavy atom. The largest absolute Gasteiger partial charge is 0.452 e. The van der Waals surface area contributed by atoms with Gasteiger partial charge in [0.1, 0.15) is 0 Å². The van der Waals surface area contributed by atoms with Crippen LogP contribution >= 0.6 is 0 Å². The SMILES string of the molecule is Cc1ccc(NC(=O)[C@@H](C)OC(=O)Cc2cccc3ccccc23)cc1. The van der Waals surface area contributed by atoms with Crippen LogP contribution in [0.5, 0.6) is 0 Å². The predicted octanol–water partition coefficient (Wildman–Crippen LogP) is 4.26. The summed E-state index contributed by atoms with van der Waals surface area (Å²) in [6.07, 6.45) is -0.734. The van der Waals surface area contributed by atoms with Crippen molar-refractivity contribution in [3.05, 3.63) is 77.9 Å². The fourth-order valence-electron chi connectivity index (χ4n) is 2.78. The average Bonchev–Trinajstić information content (AvgIpc) is 2.64. The van der Waals surface area contributed by atoms with Crippen molar-refractivity contribution in [1.29, 1.82) is 0 Å². The maximum Gasteiger partial charge on any atom is 0.311 e. The molecule has 0 bridgehead atoms. The minimum Gasteiger partial charge on any atom is -0.452 e. The standard InChI is InChI=1S/C22H21NO3/c1-15-10-12-19(13-11-15)23-22(25)16(2)26-21(24)14-18-8-5-7-17-6-3-4-9-20(17)18/h3-13,16H,14H2,1-2H3,(H,23,25)/t16-/m1/s1. The highest BCUT2D eigenvalue weighted by atomic mass is 16.5. The van der Waals surface area contributed by atoms with E-state index in [-0.39, 0.29) is 12.3 Å². The zero-order chi connectivity index (χ0) is 18.5. The van der Waals surface area contributed by atoms with Gasteiger partial charge in [0, 0.05) is 5.69 Å². The third-order valence-corrected chi connectivity index (χ3v) is 4.21. The molecule has 0 radical (unpaired) electrons. The van der Waals surface area contributed by atoms with E-state index >= 15 is 0 Å². The first kappa shape index (κ1) is 17.7. The van der Waals surface area contributed by atoms with Crippen LogP contribution in [0, 0.1) is 6.92 Å². The number of ether oxygens (including phenoxy) is 1. The first-order chi connectivity index (χ1) is 12.5. The summed E-state index contributed by atoms with van der Waals surface area (Å²) >= 11 is 0. The fourth-order valence-corrected chi connectivity index (χ4v) is 2.78. The topological polar surface area (TPSA) is 55.4 Å². The number of benzene rings is 3. The normalized spacial score (nSPS) is 11.8. The first-order valence-electron chi connectivity index (χ1n) is 8.56. The number of carbonyl (C=O) groups excluding carboxylic acids is 2. The Morgan fingerprint density at radius 2 is 1.65 bits per heavy atom. The molecule has 3 aromatic rings. The van der Waals surface area contributed by atoms with E-state index in [0.29, 0.717) is 5.69 Å². The number of carbonyl (C=O) groups is 2. The Bertz CT molecular complexity index is 926. The molecule has 0 aliphatic rings. The summed E-state index contributed by atoms with van der Waals surface area (Å²) in [5, 5.41) is 4.84. The van der Waals surface area contributed by atoms with Crippen LogP contribution in [-0.2, 0) is 20.7 Å². The summed E-state index contributed by atoms with van der Waals surface area (Å²) in [5.74, 6) is -0.770. The molecule has 132 valence electrons. The summed E-state index contributed by atoms with van der Waals surface area (Å²) in [6.45, 7) is 3.55. The monoisotopic (exact) mass is 347 g/mol. The highest BCUT2D eigenvalue weighted by Crippen LogP contribution is 2.19. The highest BCUT2D eigenvalue weighted by Gasteiger charge is 2.18.